The summed E-state index contributed by atoms with van der Waals surface area (Å²) in [6, 6.07) is 0. The molecule has 10 heavy (non-hydrogen) atoms. The van der Waals surface area contributed by atoms with Gasteiger partial charge in [0.1, 0.15) is 9.06 Å². The van der Waals surface area contributed by atoms with Crippen LogP contribution in [0, 0.1) is 5.92 Å². The molecule has 0 aromatic heterocycles. The fourth-order valence-electron chi connectivity index (χ4n) is 0.748. The summed E-state index contributed by atoms with van der Waals surface area (Å²) in [5, 5.41) is 0. The van der Waals surface area contributed by atoms with Crippen molar-refractivity contribution < 1.29 is 4.39 Å². The van der Waals surface area contributed by atoms with Gasteiger partial charge in [-0.1, -0.05) is 44.9 Å². The van der Waals surface area contributed by atoms with Crippen molar-refractivity contribution in [1.29, 1.82) is 0 Å². The highest BCUT2D eigenvalue weighted by atomic mass is 79.9. The predicted molar refractivity (Wildman–Crippen MR) is 48.1 cm³/mol. The van der Waals surface area contributed by atoms with Gasteiger partial charge in [0, 0.05) is 5.92 Å². The molecule has 0 aromatic carbocycles. The maximum atomic E-state index is 12.5. The van der Waals surface area contributed by atoms with Gasteiger partial charge < -0.3 is 0 Å². The second-order valence-corrected chi connectivity index (χ2v) is 6.04. The number of hydrogen-bond donors (Lipinski definition) is 0. The van der Waals surface area contributed by atoms with Crippen LogP contribution in [0.3, 0.4) is 0 Å². The average molecular weight is 270 g/mol. The van der Waals surface area contributed by atoms with Crippen molar-refractivity contribution in [2.75, 3.05) is 0 Å². The molecule has 1 atom stereocenters. The van der Waals surface area contributed by atoms with Gasteiger partial charge in [-0.05, 0) is 12.2 Å². The Morgan fingerprint density at radius 3 is 2.60 bits per heavy atom. The largest absolute Gasteiger partial charge is 0.207 e. The van der Waals surface area contributed by atoms with Gasteiger partial charge in [-0.15, -0.1) is 0 Å². The fraction of sp³-hybridized carbons (Fsp3) is 0.429. The molecule has 0 spiro atoms. The summed E-state index contributed by atoms with van der Waals surface area (Å²) >= 11 is 6.81. The Morgan fingerprint density at radius 2 is 2.20 bits per heavy atom. The molecule has 0 saturated carbocycles. The third kappa shape index (κ3) is 1.70. The molecule has 1 aliphatic carbocycles. The minimum atomic E-state index is -0.254. The molecule has 0 nitrogen and oxygen atoms in total. The van der Waals surface area contributed by atoms with Crippen molar-refractivity contribution in [2.24, 2.45) is 5.92 Å². The van der Waals surface area contributed by atoms with Crippen molar-refractivity contribution in [3.63, 3.8) is 0 Å². The predicted octanol–water partition coefficient (Wildman–Crippen LogP) is 3.53. The Hall–Kier alpha value is 0.370. The van der Waals surface area contributed by atoms with Crippen LogP contribution < -0.4 is 0 Å². The molecule has 0 amide bonds. The Bertz CT molecular complexity index is 194. The summed E-state index contributed by atoms with van der Waals surface area (Å²) in [5.41, 5.74) is 0. The van der Waals surface area contributed by atoms with Gasteiger partial charge in [0.2, 0.25) is 0 Å². The lowest BCUT2D eigenvalue weighted by Gasteiger charge is -2.24. The quantitative estimate of drug-likeness (QED) is 0.590. The van der Waals surface area contributed by atoms with Gasteiger partial charge in [0.15, 0.2) is 0 Å². The van der Waals surface area contributed by atoms with E-state index in [-0.39, 0.29) is 15.0 Å². The van der Waals surface area contributed by atoms with Gasteiger partial charge in [-0.2, -0.15) is 0 Å². The van der Waals surface area contributed by atoms with E-state index in [1.165, 1.54) is 6.08 Å². The summed E-state index contributed by atoms with van der Waals surface area (Å²) in [4.78, 5) is 0. The molecule has 0 heterocycles. The highest BCUT2D eigenvalue weighted by Crippen LogP contribution is 2.40. The van der Waals surface area contributed by atoms with Gasteiger partial charge >= 0.3 is 0 Å². The van der Waals surface area contributed by atoms with Crippen molar-refractivity contribution in [3.8, 4) is 0 Å². The molecule has 56 valence electrons. The van der Waals surface area contributed by atoms with E-state index in [0.29, 0.717) is 0 Å². The molecule has 1 rings (SSSR count). The van der Waals surface area contributed by atoms with E-state index in [1.807, 2.05) is 6.92 Å². The molecule has 3 heteroatoms. The first-order valence-corrected chi connectivity index (χ1v) is 4.55. The number of allylic oxidation sites excluding steroid dienone is 4. The van der Waals surface area contributed by atoms with E-state index in [1.54, 1.807) is 12.2 Å². The normalized spacial score (nSPS) is 30.0. The molecule has 0 aliphatic heterocycles. The Kier molecular flexibility index (Phi) is 2.35. The first kappa shape index (κ1) is 8.47. The van der Waals surface area contributed by atoms with Gasteiger partial charge in [-0.3, -0.25) is 0 Å². The Balaban J connectivity index is 2.84. The van der Waals surface area contributed by atoms with Crippen molar-refractivity contribution >= 4 is 31.9 Å². The van der Waals surface area contributed by atoms with Crippen LogP contribution in [0.5, 0.6) is 0 Å². The summed E-state index contributed by atoms with van der Waals surface area (Å²) in [5.74, 6) is -0.0282. The highest BCUT2D eigenvalue weighted by molar-refractivity contribution is 9.25. The van der Waals surface area contributed by atoms with E-state index >= 15 is 0 Å². The zero-order valence-corrected chi connectivity index (χ0v) is 8.62. The molecule has 0 N–H and O–H groups in total. The minimum Gasteiger partial charge on any atom is -0.207 e. The summed E-state index contributed by atoms with van der Waals surface area (Å²) in [7, 11) is 0. The van der Waals surface area contributed by atoms with Crippen LogP contribution in [-0.4, -0.2) is 3.23 Å². The van der Waals surface area contributed by atoms with Crippen molar-refractivity contribution in [1.82, 2.24) is 0 Å². The molecule has 0 bridgehead atoms. The molecule has 0 radical (unpaired) electrons. The van der Waals surface area contributed by atoms with E-state index in [9.17, 15) is 4.39 Å². The maximum Gasteiger partial charge on any atom is 0.119 e. The van der Waals surface area contributed by atoms with Gasteiger partial charge in [-0.25, -0.2) is 4.39 Å². The molecular formula is C7H7Br2F. The van der Waals surface area contributed by atoms with Crippen LogP contribution in [-0.2, 0) is 0 Å². The topological polar surface area (TPSA) is 0 Å². The number of alkyl halides is 2. The van der Waals surface area contributed by atoms with Crippen LogP contribution in [0.25, 0.3) is 0 Å². The minimum absolute atomic E-state index is 0.137. The zero-order chi connectivity index (χ0) is 7.78. The monoisotopic (exact) mass is 268 g/mol. The van der Waals surface area contributed by atoms with E-state index in [0.717, 1.165) is 0 Å². The lowest BCUT2D eigenvalue weighted by Crippen LogP contribution is -2.19. The number of hydrogen-bond acceptors (Lipinski definition) is 0. The van der Waals surface area contributed by atoms with Crippen LogP contribution >= 0.6 is 31.9 Å². The molecule has 0 fully saturated rings. The van der Waals surface area contributed by atoms with Gasteiger partial charge in [0.25, 0.3) is 0 Å². The lowest BCUT2D eigenvalue weighted by molar-refractivity contribution is 0.615. The Morgan fingerprint density at radius 1 is 1.60 bits per heavy atom. The second-order valence-electron chi connectivity index (χ2n) is 2.35. The van der Waals surface area contributed by atoms with Crippen LogP contribution in [0.15, 0.2) is 24.1 Å². The average Bonchev–Trinajstić information content (AvgIpc) is 1.81. The molecule has 0 saturated heterocycles. The van der Waals surface area contributed by atoms with Crippen LogP contribution in [0.2, 0.25) is 0 Å². The first-order chi connectivity index (χ1) is 4.52. The lowest BCUT2D eigenvalue weighted by atomic mass is 10.0. The summed E-state index contributed by atoms with van der Waals surface area (Å²) in [6.45, 7) is 1.94. The standard InChI is InChI=1S/C7H7Br2F/c1-5-4-6(10)2-3-7(5,8)9/h2-5H,1H3. The summed E-state index contributed by atoms with van der Waals surface area (Å²) < 4.78 is 12.3. The van der Waals surface area contributed by atoms with Gasteiger partial charge in [0.05, 0.1) is 0 Å². The Labute approximate surface area is 76.4 Å². The number of rotatable bonds is 0. The molecule has 1 aliphatic rings. The van der Waals surface area contributed by atoms with E-state index < -0.39 is 0 Å². The van der Waals surface area contributed by atoms with E-state index in [4.69, 9.17) is 0 Å². The maximum absolute atomic E-state index is 12.5. The molecule has 1 unspecified atom stereocenters. The molecular weight excluding hydrogens is 263 g/mol. The van der Waals surface area contributed by atoms with Crippen LogP contribution in [0.1, 0.15) is 6.92 Å². The first-order valence-electron chi connectivity index (χ1n) is 2.97. The summed E-state index contributed by atoms with van der Waals surface area (Å²) in [6.07, 6.45) is 4.78. The fourth-order valence-corrected chi connectivity index (χ4v) is 1.28. The smallest absolute Gasteiger partial charge is 0.119 e. The van der Waals surface area contributed by atoms with Crippen molar-refractivity contribution in [3.05, 3.63) is 24.1 Å². The van der Waals surface area contributed by atoms with Crippen molar-refractivity contribution in [2.45, 2.75) is 10.2 Å². The highest BCUT2D eigenvalue weighted by Gasteiger charge is 2.28. The third-order valence-corrected chi connectivity index (χ3v) is 3.45. The van der Waals surface area contributed by atoms with E-state index in [2.05, 4.69) is 31.9 Å². The van der Waals surface area contributed by atoms with Crippen LogP contribution in [0.4, 0.5) is 4.39 Å². The number of halogens is 3. The zero-order valence-electron chi connectivity index (χ0n) is 5.44. The second kappa shape index (κ2) is 2.78. The SMILES string of the molecule is CC1C=C(F)C=CC1(Br)Br. The third-order valence-electron chi connectivity index (χ3n) is 1.48. The molecule has 0 aromatic rings.